The van der Waals surface area contributed by atoms with Gasteiger partial charge >= 0.3 is 6.18 Å². The van der Waals surface area contributed by atoms with Crippen LogP contribution in [-0.2, 0) is 0 Å². The lowest BCUT2D eigenvalue weighted by molar-refractivity contribution is -0.143. The first-order chi connectivity index (χ1) is 9.83. The molecule has 2 rings (SSSR count). The third-order valence-corrected chi connectivity index (χ3v) is 4.08. The second kappa shape index (κ2) is 6.95. The van der Waals surface area contributed by atoms with Gasteiger partial charge in [-0.05, 0) is 59.7 Å². The maximum atomic E-state index is 12.3. The van der Waals surface area contributed by atoms with Gasteiger partial charge in [0.15, 0.2) is 0 Å². The fourth-order valence-corrected chi connectivity index (χ4v) is 2.99. The summed E-state index contributed by atoms with van der Waals surface area (Å²) in [4.78, 5) is 13.3. The molecule has 1 aliphatic rings. The van der Waals surface area contributed by atoms with Crippen molar-refractivity contribution in [3.05, 3.63) is 33.4 Å². The molecule has 0 aromatic heterocycles. The summed E-state index contributed by atoms with van der Waals surface area (Å²) >= 11 is 2.13. The van der Waals surface area contributed by atoms with E-state index in [4.69, 9.17) is 0 Å². The van der Waals surface area contributed by atoms with Crippen molar-refractivity contribution in [1.82, 2.24) is 10.2 Å². The third-order valence-electron chi connectivity index (χ3n) is 3.41. The third kappa shape index (κ3) is 5.46. The average molecular weight is 412 g/mol. The lowest BCUT2D eigenvalue weighted by Gasteiger charge is -2.18. The zero-order valence-electron chi connectivity index (χ0n) is 11.3. The molecule has 0 spiro atoms. The Morgan fingerprint density at radius 1 is 1.43 bits per heavy atom. The highest BCUT2D eigenvalue weighted by molar-refractivity contribution is 14.1. The van der Waals surface area contributed by atoms with E-state index in [1.165, 1.54) is 4.90 Å². The highest BCUT2D eigenvalue weighted by Crippen LogP contribution is 2.22. The number of alkyl halides is 3. The van der Waals surface area contributed by atoms with E-state index in [1.807, 2.05) is 6.07 Å². The van der Waals surface area contributed by atoms with Gasteiger partial charge in [-0.3, -0.25) is 9.69 Å². The molecule has 3 nitrogen and oxygen atoms in total. The first-order valence-corrected chi connectivity index (χ1v) is 7.74. The highest BCUT2D eigenvalue weighted by atomic mass is 127. The van der Waals surface area contributed by atoms with Gasteiger partial charge in [-0.25, -0.2) is 0 Å². The van der Waals surface area contributed by atoms with Crippen LogP contribution in [0.25, 0.3) is 0 Å². The first kappa shape index (κ1) is 16.5. The summed E-state index contributed by atoms with van der Waals surface area (Å²) in [7, 11) is 0. The molecule has 1 unspecified atom stereocenters. The predicted octanol–water partition coefficient (Wildman–Crippen LogP) is 2.91. The van der Waals surface area contributed by atoms with Gasteiger partial charge < -0.3 is 5.32 Å². The molecule has 0 saturated carbocycles. The SMILES string of the molecule is O=C(NCC1CCN(CC(F)(F)F)C1)c1cccc(I)c1. The van der Waals surface area contributed by atoms with E-state index < -0.39 is 12.7 Å². The maximum absolute atomic E-state index is 12.3. The molecule has 7 heteroatoms. The Labute approximate surface area is 135 Å². The minimum absolute atomic E-state index is 0.0825. The van der Waals surface area contributed by atoms with Gasteiger partial charge in [0.2, 0.25) is 0 Å². The number of rotatable bonds is 4. The zero-order chi connectivity index (χ0) is 15.5. The molecule has 0 aliphatic carbocycles. The molecule has 1 aliphatic heterocycles. The Morgan fingerprint density at radius 3 is 2.86 bits per heavy atom. The molecule has 116 valence electrons. The van der Waals surface area contributed by atoms with Crippen LogP contribution in [0.4, 0.5) is 13.2 Å². The Morgan fingerprint density at radius 2 is 2.19 bits per heavy atom. The Hall–Kier alpha value is -0.830. The smallest absolute Gasteiger partial charge is 0.352 e. The second-order valence-electron chi connectivity index (χ2n) is 5.23. The minimum Gasteiger partial charge on any atom is -0.352 e. The van der Waals surface area contributed by atoms with Crippen molar-refractivity contribution in [3.8, 4) is 0 Å². The molecule has 1 saturated heterocycles. The predicted molar refractivity (Wildman–Crippen MR) is 82.1 cm³/mol. The molecule has 21 heavy (non-hydrogen) atoms. The maximum Gasteiger partial charge on any atom is 0.401 e. The average Bonchev–Trinajstić information content (AvgIpc) is 2.81. The highest BCUT2D eigenvalue weighted by Gasteiger charge is 2.34. The van der Waals surface area contributed by atoms with Crippen molar-refractivity contribution in [1.29, 1.82) is 0 Å². The molecule has 0 radical (unpaired) electrons. The van der Waals surface area contributed by atoms with Crippen LogP contribution in [0.2, 0.25) is 0 Å². The number of carbonyl (C=O) groups is 1. The molecular formula is C14H16F3IN2O. The summed E-state index contributed by atoms with van der Waals surface area (Å²) in [5.41, 5.74) is 0.576. The molecule has 0 bridgehead atoms. The largest absolute Gasteiger partial charge is 0.401 e. The molecule has 1 aromatic carbocycles. The van der Waals surface area contributed by atoms with Gasteiger partial charge in [-0.1, -0.05) is 6.07 Å². The van der Waals surface area contributed by atoms with E-state index in [2.05, 4.69) is 27.9 Å². The van der Waals surface area contributed by atoms with Crippen LogP contribution in [0.15, 0.2) is 24.3 Å². The first-order valence-electron chi connectivity index (χ1n) is 6.66. The molecule has 1 heterocycles. The quantitative estimate of drug-likeness (QED) is 0.772. The Bertz CT molecular complexity index is 507. The fourth-order valence-electron chi connectivity index (χ4n) is 2.45. The molecule has 1 fully saturated rings. The van der Waals surface area contributed by atoms with Crippen LogP contribution in [-0.4, -0.2) is 43.2 Å². The van der Waals surface area contributed by atoms with E-state index in [-0.39, 0.29) is 11.8 Å². The number of benzene rings is 1. The summed E-state index contributed by atoms with van der Waals surface area (Å²) < 4.78 is 37.9. The van der Waals surface area contributed by atoms with E-state index in [0.717, 1.165) is 3.57 Å². The number of nitrogens with one attached hydrogen (secondary N) is 1. The standard InChI is InChI=1S/C14H16F3IN2O/c15-14(16,17)9-20-5-4-10(8-20)7-19-13(21)11-2-1-3-12(18)6-11/h1-3,6,10H,4-5,7-9H2,(H,19,21). The number of halogens is 4. The topological polar surface area (TPSA) is 32.3 Å². The van der Waals surface area contributed by atoms with E-state index in [0.29, 0.717) is 31.6 Å². The van der Waals surface area contributed by atoms with Crippen LogP contribution >= 0.6 is 22.6 Å². The second-order valence-corrected chi connectivity index (χ2v) is 6.47. The summed E-state index contributed by atoms with van der Waals surface area (Å²) in [5, 5.41) is 2.80. The normalized spacial score (nSPS) is 19.7. The van der Waals surface area contributed by atoms with Crippen LogP contribution in [0.3, 0.4) is 0 Å². The zero-order valence-corrected chi connectivity index (χ0v) is 13.4. The van der Waals surface area contributed by atoms with Crippen molar-refractivity contribution in [2.75, 3.05) is 26.2 Å². The molecular weight excluding hydrogens is 396 g/mol. The molecule has 1 atom stereocenters. The monoisotopic (exact) mass is 412 g/mol. The van der Waals surface area contributed by atoms with E-state index in [1.54, 1.807) is 18.2 Å². The number of amides is 1. The van der Waals surface area contributed by atoms with E-state index in [9.17, 15) is 18.0 Å². The summed E-state index contributed by atoms with van der Waals surface area (Å²) in [6, 6.07) is 7.20. The van der Waals surface area contributed by atoms with Crippen molar-refractivity contribution >= 4 is 28.5 Å². The van der Waals surface area contributed by atoms with Crippen molar-refractivity contribution in [3.63, 3.8) is 0 Å². The Kier molecular flexibility index (Phi) is 5.48. The molecule has 1 N–H and O–H groups in total. The summed E-state index contributed by atoms with van der Waals surface area (Å²) in [6.45, 7) is 0.363. The van der Waals surface area contributed by atoms with Crippen LogP contribution in [0.1, 0.15) is 16.8 Å². The van der Waals surface area contributed by atoms with E-state index >= 15 is 0 Å². The lowest BCUT2D eigenvalue weighted by atomic mass is 10.1. The summed E-state index contributed by atoms with van der Waals surface area (Å²) in [5.74, 6) is -0.0955. The number of likely N-dealkylation sites (tertiary alicyclic amines) is 1. The van der Waals surface area contributed by atoms with Gasteiger partial charge in [-0.2, -0.15) is 13.2 Å². The lowest BCUT2D eigenvalue weighted by Crippen LogP contribution is -2.34. The van der Waals surface area contributed by atoms with Crippen molar-refractivity contribution in [2.24, 2.45) is 5.92 Å². The van der Waals surface area contributed by atoms with Crippen molar-refractivity contribution in [2.45, 2.75) is 12.6 Å². The Balaban J connectivity index is 1.78. The summed E-state index contributed by atoms with van der Waals surface area (Å²) in [6.07, 6.45) is -3.47. The van der Waals surface area contributed by atoms with Crippen LogP contribution in [0.5, 0.6) is 0 Å². The van der Waals surface area contributed by atoms with Gasteiger partial charge in [0.1, 0.15) is 0 Å². The fraction of sp³-hybridized carbons (Fsp3) is 0.500. The number of nitrogens with zero attached hydrogens (tertiary/aromatic N) is 1. The molecule has 1 aromatic rings. The number of hydrogen-bond acceptors (Lipinski definition) is 2. The van der Waals surface area contributed by atoms with Gasteiger partial charge in [0, 0.05) is 22.2 Å². The van der Waals surface area contributed by atoms with Crippen LogP contribution < -0.4 is 5.32 Å². The van der Waals surface area contributed by atoms with Gasteiger partial charge in [-0.15, -0.1) is 0 Å². The minimum atomic E-state index is -4.15. The molecule has 1 amide bonds. The number of hydrogen-bond donors (Lipinski definition) is 1. The van der Waals surface area contributed by atoms with Crippen LogP contribution in [0, 0.1) is 9.49 Å². The van der Waals surface area contributed by atoms with Gasteiger partial charge in [0.05, 0.1) is 6.54 Å². The number of carbonyl (C=O) groups excluding carboxylic acids is 1. The van der Waals surface area contributed by atoms with Crippen molar-refractivity contribution < 1.29 is 18.0 Å². The van der Waals surface area contributed by atoms with Gasteiger partial charge in [0.25, 0.3) is 5.91 Å².